The van der Waals surface area contributed by atoms with Gasteiger partial charge in [-0.1, -0.05) is 12.0 Å². The lowest BCUT2D eigenvalue weighted by Gasteiger charge is -2.02. The molecule has 1 aromatic heterocycles. The Bertz CT molecular complexity index is 450. The van der Waals surface area contributed by atoms with Crippen LogP contribution >= 0.6 is 0 Å². The average molecular weight is 171 g/mol. The molecule has 1 heterocycles. The van der Waals surface area contributed by atoms with E-state index in [-0.39, 0.29) is 0 Å². The minimum Gasteiger partial charge on any atom is -0.374 e. The fraction of sp³-hybridized carbons (Fsp3) is 0.100. The standard InChI is InChI=1S/C10H9N3/c1-2-6-11-9-4-3-5-10-8(9)7-12-13-10/h1,3-5,7,11H,6H2,(H,12,13). The minimum atomic E-state index is 0.532. The molecule has 2 aromatic rings. The molecular weight excluding hydrogens is 162 g/mol. The summed E-state index contributed by atoms with van der Waals surface area (Å²) in [5, 5.41) is 11.0. The van der Waals surface area contributed by atoms with Crippen LogP contribution in [0, 0.1) is 12.3 Å². The van der Waals surface area contributed by atoms with Crippen molar-refractivity contribution in [2.24, 2.45) is 0 Å². The Labute approximate surface area is 76.2 Å². The van der Waals surface area contributed by atoms with E-state index >= 15 is 0 Å². The van der Waals surface area contributed by atoms with Crippen LogP contribution in [0.5, 0.6) is 0 Å². The second-order valence-electron chi connectivity index (χ2n) is 2.69. The van der Waals surface area contributed by atoms with Gasteiger partial charge in [0.15, 0.2) is 0 Å². The maximum absolute atomic E-state index is 5.16. The molecule has 0 radical (unpaired) electrons. The van der Waals surface area contributed by atoms with Gasteiger partial charge >= 0.3 is 0 Å². The first-order chi connectivity index (χ1) is 6.42. The van der Waals surface area contributed by atoms with Gasteiger partial charge in [0.25, 0.3) is 0 Å². The van der Waals surface area contributed by atoms with Crippen molar-refractivity contribution in [2.75, 3.05) is 11.9 Å². The molecule has 0 atom stereocenters. The number of nitrogens with zero attached hydrogens (tertiary/aromatic N) is 1. The third-order valence-corrected chi connectivity index (χ3v) is 1.87. The summed E-state index contributed by atoms with van der Waals surface area (Å²) in [6, 6.07) is 5.91. The Hall–Kier alpha value is -1.95. The highest BCUT2D eigenvalue weighted by molar-refractivity contribution is 5.90. The summed E-state index contributed by atoms with van der Waals surface area (Å²) >= 11 is 0. The SMILES string of the molecule is C#CCNc1cccc2[nH]ncc12. The lowest BCUT2D eigenvalue weighted by molar-refractivity contribution is 1.12. The molecule has 0 saturated heterocycles. The molecule has 0 unspecified atom stereocenters. The normalized spacial score (nSPS) is 9.77. The molecule has 0 bridgehead atoms. The van der Waals surface area contributed by atoms with E-state index in [1.807, 2.05) is 18.2 Å². The van der Waals surface area contributed by atoms with E-state index in [4.69, 9.17) is 6.42 Å². The van der Waals surface area contributed by atoms with Gasteiger partial charge in [-0.25, -0.2) is 0 Å². The first-order valence-electron chi connectivity index (χ1n) is 4.01. The summed E-state index contributed by atoms with van der Waals surface area (Å²) in [5.41, 5.74) is 2.03. The molecule has 13 heavy (non-hydrogen) atoms. The Morgan fingerprint density at radius 3 is 3.31 bits per heavy atom. The second kappa shape index (κ2) is 3.20. The van der Waals surface area contributed by atoms with Gasteiger partial charge in [0, 0.05) is 11.1 Å². The molecule has 3 heteroatoms. The van der Waals surface area contributed by atoms with Crippen LogP contribution < -0.4 is 5.32 Å². The fourth-order valence-electron chi connectivity index (χ4n) is 1.27. The smallest absolute Gasteiger partial charge is 0.0763 e. The number of aromatic nitrogens is 2. The van der Waals surface area contributed by atoms with Crippen LogP contribution in [0.2, 0.25) is 0 Å². The predicted molar refractivity (Wildman–Crippen MR) is 53.4 cm³/mol. The molecule has 2 rings (SSSR count). The Kier molecular flexibility index (Phi) is 1.89. The Morgan fingerprint density at radius 2 is 2.46 bits per heavy atom. The number of anilines is 1. The van der Waals surface area contributed by atoms with Crippen molar-refractivity contribution < 1.29 is 0 Å². The summed E-state index contributed by atoms with van der Waals surface area (Å²) in [7, 11) is 0. The maximum atomic E-state index is 5.16. The molecule has 0 fully saturated rings. The first-order valence-corrected chi connectivity index (χ1v) is 4.01. The molecule has 0 amide bonds. The van der Waals surface area contributed by atoms with Gasteiger partial charge in [-0.2, -0.15) is 5.10 Å². The third kappa shape index (κ3) is 1.34. The molecule has 0 aliphatic heterocycles. The van der Waals surface area contributed by atoms with Crippen molar-refractivity contribution in [1.82, 2.24) is 10.2 Å². The minimum absolute atomic E-state index is 0.532. The number of hydrogen-bond acceptors (Lipinski definition) is 2. The zero-order chi connectivity index (χ0) is 9.10. The van der Waals surface area contributed by atoms with Crippen LogP contribution in [0.3, 0.4) is 0 Å². The zero-order valence-electron chi connectivity index (χ0n) is 7.04. The van der Waals surface area contributed by atoms with Crippen molar-refractivity contribution in [3.05, 3.63) is 24.4 Å². The van der Waals surface area contributed by atoms with Crippen molar-refractivity contribution in [2.45, 2.75) is 0 Å². The van der Waals surface area contributed by atoms with Gasteiger partial charge in [0.2, 0.25) is 0 Å². The highest BCUT2D eigenvalue weighted by Gasteiger charge is 1.99. The van der Waals surface area contributed by atoms with E-state index in [1.54, 1.807) is 6.20 Å². The van der Waals surface area contributed by atoms with Gasteiger partial charge in [0.05, 0.1) is 18.3 Å². The van der Waals surface area contributed by atoms with Gasteiger partial charge in [-0.05, 0) is 12.1 Å². The van der Waals surface area contributed by atoms with E-state index in [1.165, 1.54) is 0 Å². The summed E-state index contributed by atoms with van der Waals surface area (Å²) in [6.45, 7) is 0.532. The van der Waals surface area contributed by atoms with E-state index in [0.717, 1.165) is 16.6 Å². The number of aromatic amines is 1. The summed E-state index contributed by atoms with van der Waals surface area (Å²) < 4.78 is 0. The maximum Gasteiger partial charge on any atom is 0.0763 e. The van der Waals surface area contributed by atoms with Crippen LogP contribution in [0.4, 0.5) is 5.69 Å². The predicted octanol–water partition coefficient (Wildman–Crippen LogP) is 1.61. The van der Waals surface area contributed by atoms with Crippen LogP contribution in [-0.4, -0.2) is 16.7 Å². The lowest BCUT2D eigenvalue weighted by Crippen LogP contribution is -1.97. The number of H-pyrrole nitrogens is 1. The van der Waals surface area contributed by atoms with E-state index < -0.39 is 0 Å². The third-order valence-electron chi connectivity index (χ3n) is 1.87. The highest BCUT2D eigenvalue weighted by atomic mass is 15.1. The Morgan fingerprint density at radius 1 is 1.54 bits per heavy atom. The lowest BCUT2D eigenvalue weighted by atomic mass is 10.2. The summed E-state index contributed by atoms with van der Waals surface area (Å²) in [5.74, 6) is 2.53. The topological polar surface area (TPSA) is 40.7 Å². The molecule has 0 aliphatic carbocycles. The monoisotopic (exact) mass is 171 g/mol. The fourth-order valence-corrected chi connectivity index (χ4v) is 1.27. The molecule has 0 saturated carbocycles. The molecule has 0 aliphatic rings. The molecule has 1 aromatic carbocycles. The largest absolute Gasteiger partial charge is 0.374 e. The van der Waals surface area contributed by atoms with Crippen molar-refractivity contribution in [3.8, 4) is 12.3 Å². The number of nitrogens with one attached hydrogen (secondary N) is 2. The van der Waals surface area contributed by atoms with Crippen molar-refractivity contribution in [3.63, 3.8) is 0 Å². The van der Waals surface area contributed by atoms with Crippen molar-refractivity contribution >= 4 is 16.6 Å². The number of terminal acetylenes is 1. The summed E-state index contributed by atoms with van der Waals surface area (Å²) in [4.78, 5) is 0. The number of benzene rings is 1. The van der Waals surface area contributed by atoms with E-state index in [9.17, 15) is 0 Å². The van der Waals surface area contributed by atoms with Crippen LogP contribution in [-0.2, 0) is 0 Å². The highest BCUT2D eigenvalue weighted by Crippen LogP contribution is 2.20. The number of fused-ring (bicyclic) bond motifs is 1. The van der Waals surface area contributed by atoms with Gasteiger partial charge in [-0.15, -0.1) is 6.42 Å². The van der Waals surface area contributed by atoms with Gasteiger partial charge in [0.1, 0.15) is 0 Å². The van der Waals surface area contributed by atoms with Crippen molar-refractivity contribution in [1.29, 1.82) is 0 Å². The molecule has 2 N–H and O–H groups in total. The van der Waals surface area contributed by atoms with Crippen LogP contribution in [0.15, 0.2) is 24.4 Å². The first kappa shape index (κ1) is 7.69. The zero-order valence-corrected chi connectivity index (χ0v) is 7.04. The second-order valence-corrected chi connectivity index (χ2v) is 2.69. The molecular formula is C10H9N3. The number of rotatable bonds is 2. The molecule has 3 nitrogen and oxygen atoms in total. The average Bonchev–Trinajstić information content (AvgIpc) is 2.62. The van der Waals surface area contributed by atoms with E-state index in [2.05, 4.69) is 21.4 Å². The van der Waals surface area contributed by atoms with E-state index in [0.29, 0.717) is 6.54 Å². The summed E-state index contributed by atoms with van der Waals surface area (Å²) in [6.07, 6.45) is 6.95. The Balaban J connectivity index is 2.44. The van der Waals surface area contributed by atoms with Gasteiger partial charge < -0.3 is 5.32 Å². The van der Waals surface area contributed by atoms with Crippen LogP contribution in [0.25, 0.3) is 10.9 Å². The molecule has 0 spiro atoms. The quantitative estimate of drug-likeness (QED) is 0.674. The van der Waals surface area contributed by atoms with Crippen LogP contribution in [0.1, 0.15) is 0 Å². The van der Waals surface area contributed by atoms with Gasteiger partial charge in [-0.3, -0.25) is 5.10 Å². The molecule has 64 valence electrons. The number of hydrogen-bond donors (Lipinski definition) is 2.